The van der Waals surface area contributed by atoms with E-state index in [0.29, 0.717) is 0 Å². The zero-order chi connectivity index (χ0) is 10.1. The van der Waals surface area contributed by atoms with E-state index in [1.54, 1.807) is 0 Å². The standard InChI is InChI=1S/C8H3BrF2N2O/c9-8-13-12-7(14-8)5-2-1-4(10)3-6(5)11/h1-3H. The second-order valence-corrected chi connectivity index (χ2v) is 3.16. The summed E-state index contributed by atoms with van der Waals surface area (Å²) in [5.74, 6) is -1.37. The number of nitrogens with zero attached hydrogens (tertiary/aromatic N) is 2. The predicted molar refractivity (Wildman–Crippen MR) is 47.3 cm³/mol. The fourth-order valence-corrected chi connectivity index (χ4v) is 1.21. The first-order valence-corrected chi connectivity index (χ1v) is 4.40. The van der Waals surface area contributed by atoms with E-state index in [4.69, 9.17) is 4.42 Å². The summed E-state index contributed by atoms with van der Waals surface area (Å²) in [5.41, 5.74) is 0.0737. The van der Waals surface area contributed by atoms with E-state index in [0.717, 1.165) is 12.1 Å². The molecule has 0 aliphatic rings. The van der Waals surface area contributed by atoms with Crippen LogP contribution in [0.1, 0.15) is 0 Å². The molecule has 0 bridgehead atoms. The van der Waals surface area contributed by atoms with E-state index in [2.05, 4.69) is 26.1 Å². The van der Waals surface area contributed by atoms with Gasteiger partial charge in [-0.25, -0.2) is 8.78 Å². The van der Waals surface area contributed by atoms with E-state index in [1.807, 2.05) is 0 Å². The first-order valence-electron chi connectivity index (χ1n) is 3.61. The number of halogens is 3. The quantitative estimate of drug-likeness (QED) is 0.792. The molecule has 2 rings (SSSR count). The Morgan fingerprint density at radius 3 is 2.57 bits per heavy atom. The van der Waals surface area contributed by atoms with Crippen molar-refractivity contribution in [1.82, 2.24) is 10.2 Å². The third-order valence-electron chi connectivity index (χ3n) is 1.56. The molecule has 1 aromatic heterocycles. The van der Waals surface area contributed by atoms with E-state index >= 15 is 0 Å². The van der Waals surface area contributed by atoms with Crippen LogP contribution in [0, 0.1) is 11.6 Å². The molecule has 2 aromatic rings. The van der Waals surface area contributed by atoms with Crippen molar-refractivity contribution in [1.29, 1.82) is 0 Å². The van der Waals surface area contributed by atoms with Crippen LogP contribution in [0.3, 0.4) is 0 Å². The van der Waals surface area contributed by atoms with Gasteiger partial charge in [0.1, 0.15) is 11.6 Å². The van der Waals surface area contributed by atoms with Crippen molar-refractivity contribution in [3.05, 3.63) is 34.6 Å². The van der Waals surface area contributed by atoms with Crippen molar-refractivity contribution in [3.63, 3.8) is 0 Å². The highest BCUT2D eigenvalue weighted by atomic mass is 79.9. The van der Waals surface area contributed by atoms with Crippen molar-refractivity contribution in [2.45, 2.75) is 0 Å². The summed E-state index contributed by atoms with van der Waals surface area (Å²) in [4.78, 5) is 0.149. The molecule has 0 amide bonds. The molecule has 1 aromatic carbocycles. The van der Waals surface area contributed by atoms with Gasteiger partial charge in [0, 0.05) is 22.0 Å². The molecule has 0 spiro atoms. The molecule has 3 nitrogen and oxygen atoms in total. The van der Waals surface area contributed by atoms with Gasteiger partial charge in [0.15, 0.2) is 0 Å². The van der Waals surface area contributed by atoms with Crippen molar-refractivity contribution in [2.24, 2.45) is 0 Å². The Morgan fingerprint density at radius 1 is 1.21 bits per heavy atom. The van der Waals surface area contributed by atoms with Gasteiger partial charge in [-0.1, -0.05) is 0 Å². The Bertz CT molecular complexity index is 472. The highest BCUT2D eigenvalue weighted by Crippen LogP contribution is 2.23. The average Bonchev–Trinajstić information content (AvgIpc) is 2.51. The second kappa shape index (κ2) is 3.45. The first kappa shape index (κ1) is 9.26. The fourth-order valence-electron chi connectivity index (χ4n) is 0.977. The molecule has 1 heterocycles. The predicted octanol–water partition coefficient (Wildman–Crippen LogP) is 2.78. The minimum Gasteiger partial charge on any atom is -0.411 e. The van der Waals surface area contributed by atoms with Crippen LogP contribution >= 0.6 is 15.9 Å². The van der Waals surface area contributed by atoms with Crippen molar-refractivity contribution < 1.29 is 13.2 Å². The third kappa shape index (κ3) is 1.65. The normalized spacial score (nSPS) is 10.5. The summed E-state index contributed by atoms with van der Waals surface area (Å²) >= 11 is 2.93. The molecule has 72 valence electrons. The zero-order valence-corrected chi connectivity index (χ0v) is 8.25. The summed E-state index contributed by atoms with van der Waals surface area (Å²) in [7, 11) is 0. The van der Waals surface area contributed by atoms with Gasteiger partial charge in [-0.3, -0.25) is 0 Å². The summed E-state index contributed by atoms with van der Waals surface area (Å²) in [6, 6.07) is 3.12. The van der Waals surface area contributed by atoms with E-state index in [9.17, 15) is 8.78 Å². The van der Waals surface area contributed by atoms with Crippen LogP contribution in [0.25, 0.3) is 11.5 Å². The maximum absolute atomic E-state index is 13.2. The lowest BCUT2D eigenvalue weighted by Crippen LogP contribution is -1.86. The molecular weight excluding hydrogens is 258 g/mol. The maximum Gasteiger partial charge on any atom is 0.285 e. The van der Waals surface area contributed by atoms with Crippen LogP contribution < -0.4 is 0 Å². The Labute approximate surface area is 85.9 Å². The molecule has 0 atom stereocenters. The smallest absolute Gasteiger partial charge is 0.285 e. The lowest BCUT2D eigenvalue weighted by atomic mass is 10.2. The van der Waals surface area contributed by atoms with Gasteiger partial charge < -0.3 is 4.42 Å². The SMILES string of the molecule is Fc1ccc(-c2nnc(Br)o2)c(F)c1. The summed E-state index contributed by atoms with van der Waals surface area (Å²) < 4.78 is 30.6. The monoisotopic (exact) mass is 260 g/mol. The molecule has 0 radical (unpaired) electrons. The van der Waals surface area contributed by atoms with Crippen molar-refractivity contribution in [3.8, 4) is 11.5 Å². The molecular formula is C8H3BrF2N2O. The lowest BCUT2D eigenvalue weighted by molar-refractivity contribution is 0.530. The van der Waals surface area contributed by atoms with E-state index in [-0.39, 0.29) is 16.3 Å². The number of aromatic nitrogens is 2. The fraction of sp³-hybridized carbons (Fsp3) is 0. The van der Waals surface area contributed by atoms with E-state index < -0.39 is 11.6 Å². The molecule has 14 heavy (non-hydrogen) atoms. The second-order valence-electron chi connectivity index (χ2n) is 2.48. The minimum absolute atomic E-state index is 0.00868. The highest BCUT2D eigenvalue weighted by molar-refractivity contribution is 9.10. The molecule has 0 N–H and O–H groups in total. The van der Waals surface area contributed by atoms with Gasteiger partial charge in [0.2, 0.25) is 0 Å². The Hall–Kier alpha value is -1.30. The number of benzene rings is 1. The molecule has 0 aliphatic carbocycles. The van der Waals surface area contributed by atoms with Gasteiger partial charge in [-0.2, -0.15) is 0 Å². The maximum atomic E-state index is 13.2. The summed E-state index contributed by atoms with van der Waals surface area (Å²) in [6.45, 7) is 0. The molecule has 0 saturated carbocycles. The van der Waals surface area contributed by atoms with Crippen LogP contribution in [0.15, 0.2) is 27.4 Å². The number of hydrogen-bond donors (Lipinski definition) is 0. The van der Waals surface area contributed by atoms with Gasteiger partial charge in [0.05, 0.1) is 5.56 Å². The molecule has 0 aliphatic heterocycles. The van der Waals surface area contributed by atoms with Crippen LogP contribution in [-0.4, -0.2) is 10.2 Å². The van der Waals surface area contributed by atoms with Crippen LogP contribution in [0.5, 0.6) is 0 Å². The molecule has 0 saturated heterocycles. The lowest BCUT2D eigenvalue weighted by Gasteiger charge is -1.96. The van der Waals surface area contributed by atoms with E-state index in [1.165, 1.54) is 6.07 Å². The Kier molecular flexibility index (Phi) is 2.28. The topological polar surface area (TPSA) is 38.9 Å². The highest BCUT2D eigenvalue weighted by Gasteiger charge is 2.12. The average molecular weight is 261 g/mol. The summed E-state index contributed by atoms with van der Waals surface area (Å²) in [5, 5.41) is 7.05. The van der Waals surface area contributed by atoms with Crippen molar-refractivity contribution >= 4 is 15.9 Å². The third-order valence-corrected chi connectivity index (χ3v) is 1.88. The molecule has 6 heteroatoms. The van der Waals surface area contributed by atoms with Gasteiger partial charge in [0.25, 0.3) is 10.7 Å². The van der Waals surface area contributed by atoms with Gasteiger partial charge in [-0.05, 0) is 12.1 Å². The largest absolute Gasteiger partial charge is 0.411 e. The van der Waals surface area contributed by atoms with Crippen LogP contribution in [0.2, 0.25) is 0 Å². The Balaban J connectivity index is 2.52. The number of hydrogen-bond acceptors (Lipinski definition) is 3. The van der Waals surface area contributed by atoms with Gasteiger partial charge >= 0.3 is 0 Å². The summed E-state index contributed by atoms with van der Waals surface area (Å²) in [6.07, 6.45) is 0. The number of rotatable bonds is 1. The van der Waals surface area contributed by atoms with Crippen LogP contribution in [0.4, 0.5) is 8.78 Å². The van der Waals surface area contributed by atoms with Gasteiger partial charge in [-0.15, -0.1) is 10.2 Å². The first-order chi connectivity index (χ1) is 6.66. The zero-order valence-electron chi connectivity index (χ0n) is 6.67. The van der Waals surface area contributed by atoms with Crippen LogP contribution in [-0.2, 0) is 0 Å². The van der Waals surface area contributed by atoms with Crippen molar-refractivity contribution in [2.75, 3.05) is 0 Å². The Morgan fingerprint density at radius 2 is 2.00 bits per heavy atom. The molecule has 0 fully saturated rings. The minimum atomic E-state index is -0.735. The molecule has 0 unspecified atom stereocenters.